The fourth-order valence-electron chi connectivity index (χ4n) is 3.63. The molecule has 1 fully saturated rings. The quantitative estimate of drug-likeness (QED) is 0.711. The Hall–Kier alpha value is -2.60. The number of aromatic nitrogens is 3. The molecule has 26 heavy (non-hydrogen) atoms. The second-order valence-electron chi connectivity index (χ2n) is 6.65. The number of pyridine rings is 1. The van der Waals surface area contributed by atoms with Crippen LogP contribution in [-0.4, -0.2) is 38.0 Å². The number of fused-ring (bicyclic) bond motifs is 1. The van der Waals surface area contributed by atoms with Gasteiger partial charge in [-0.25, -0.2) is 9.78 Å². The number of benzene rings is 1. The number of likely N-dealkylation sites (tertiary alicyclic amines) is 1. The molecule has 0 bridgehead atoms. The van der Waals surface area contributed by atoms with Crippen molar-refractivity contribution < 1.29 is 4.79 Å². The maximum atomic E-state index is 12.6. The summed E-state index contributed by atoms with van der Waals surface area (Å²) in [6, 6.07) is 11.0. The summed E-state index contributed by atoms with van der Waals surface area (Å²) >= 11 is 5.99. The fourth-order valence-corrected chi connectivity index (χ4v) is 3.85. The molecule has 0 N–H and O–H groups in total. The highest BCUT2D eigenvalue weighted by Crippen LogP contribution is 2.24. The summed E-state index contributed by atoms with van der Waals surface area (Å²) in [6.45, 7) is 1.16. The van der Waals surface area contributed by atoms with Gasteiger partial charge in [0, 0.05) is 31.4 Å². The minimum absolute atomic E-state index is 0.0515. The third-order valence-corrected chi connectivity index (χ3v) is 5.21. The summed E-state index contributed by atoms with van der Waals surface area (Å²) in [5.74, 6) is 0.0519. The SMILES string of the molecule is Cn1c(=O)n([C@@H]2CCN(C(=O)Cc3cccc(Cl)c3)C2)c2ncccc21. The van der Waals surface area contributed by atoms with Gasteiger partial charge in [0.05, 0.1) is 18.0 Å². The van der Waals surface area contributed by atoms with Crippen molar-refractivity contribution in [3.63, 3.8) is 0 Å². The standard InChI is InChI=1S/C19H19ClN4O2/c1-22-16-6-3-8-21-18(16)24(19(22)26)15-7-9-23(12-15)17(25)11-13-4-2-5-14(20)10-13/h2-6,8,10,15H,7,9,11-12H2,1H3/t15-/m1/s1. The number of rotatable bonds is 3. The van der Waals surface area contributed by atoms with E-state index in [1.54, 1.807) is 28.4 Å². The number of imidazole rings is 1. The van der Waals surface area contributed by atoms with Crippen molar-refractivity contribution in [3.05, 3.63) is 63.7 Å². The zero-order chi connectivity index (χ0) is 18.3. The summed E-state index contributed by atoms with van der Waals surface area (Å²) in [5.41, 5.74) is 2.29. The second kappa shape index (κ2) is 6.61. The van der Waals surface area contributed by atoms with Crippen molar-refractivity contribution in [1.29, 1.82) is 0 Å². The number of carbonyl (C=O) groups is 1. The molecule has 6 nitrogen and oxygen atoms in total. The molecule has 1 amide bonds. The van der Waals surface area contributed by atoms with Gasteiger partial charge in [-0.2, -0.15) is 0 Å². The smallest absolute Gasteiger partial charge is 0.330 e. The van der Waals surface area contributed by atoms with Gasteiger partial charge in [-0.3, -0.25) is 13.9 Å². The van der Waals surface area contributed by atoms with E-state index in [9.17, 15) is 9.59 Å². The lowest BCUT2D eigenvalue weighted by Gasteiger charge is -2.17. The van der Waals surface area contributed by atoms with Crippen LogP contribution in [0.3, 0.4) is 0 Å². The van der Waals surface area contributed by atoms with E-state index in [0.717, 1.165) is 17.5 Å². The average molecular weight is 371 g/mol. The van der Waals surface area contributed by atoms with Gasteiger partial charge in [-0.05, 0) is 36.2 Å². The number of hydrogen-bond donors (Lipinski definition) is 0. The second-order valence-corrected chi connectivity index (χ2v) is 7.08. The first-order valence-corrected chi connectivity index (χ1v) is 8.96. The fraction of sp³-hybridized carbons (Fsp3) is 0.316. The zero-order valence-corrected chi connectivity index (χ0v) is 15.2. The molecule has 2 aromatic heterocycles. The van der Waals surface area contributed by atoms with E-state index in [1.165, 1.54) is 0 Å². The molecule has 134 valence electrons. The van der Waals surface area contributed by atoms with Crippen molar-refractivity contribution in [2.75, 3.05) is 13.1 Å². The van der Waals surface area contributed by atoms with Crippen LogP contribution in [0.5, 0.6) is 0 Å². The van der Waals surface area contributed by atoms with Crippen LogP contribution in [0.15, 0.2) is 47.4 Å². The van der Waals surface area contributed by atoms with E-state index in [1.807, 2.05) is 35.2 Å². The highest BCUT2D eigenvalue weighted by atomic mass is 35.5. The van der Waals surface area contributed by atoms with Crippen LogP contribution >= 0.6 is 11.6 Å². The molecule has 1 aliphatic rings. The van der Waals surface area contributed by atoms with Crippen molar-refractivity contribution in [3.8, 4) is 0 Å². The van der Waals surface area contributed by atoms with Crippen LogP contribution in [0.4, 0.5) is 0 Å². The van der Waals surface area contributed by atoms with Crippen molar-refractivity contribution in [2.24, 2.45) is 7.05 Å². The largest absolute Gasteiger partial charge is 0.340 e. The molecule has 1 atom stereocenters. The third kappa shape index (κ3) is 2.90. The Morgan fingerprint density at radius 3 is 2.96 bits per heavy atom. The molecule has 0 unspecified atom stereocenters. The summed E-state index contributed by atoms with van der Waals surface area (Å²) in [7, 11) is 1.75. The Bertz CT molecular complexity index is 1040. The molecule has 0 saturated carbocycles. The molecule has 3 aromatic rings. The topological polar surface area (TPSA) is 60.1 Å². The number of aryl methyl sites for hydroxylation is 1. The van der Waals surface area contributed by atoms with Gasteiger partial charge in [0.15, 0.2) is 5.65 Å². The van der Waals surface area contributed by atoms with Crippen LogP contribution in [-0.2, 0) is 18.3 Å². The van der Waals surface area contributed by atoms with Crippen molar-refractivity contribution in [2.45, 2.75) is 18.9 Å². The monoisotopic (exact) mass is 370 g/mol. The Morgan fingerprint density at radius 2 is 2.15 bits per heavy atom. The average Bonchev–Trinajstić information content (AvgIpc) is 3.20. The molecule has 0 aliphatic carbocycles. The maximum Gasteiger partial charge on any atom is 0.330 e. The third-order valence-electron chi connectivity index (χ3n) is 4.97. The summed E-state index contributed by atoms with van der Waals surface area (Å²) in [5, 5.41) is 0.628. The molecule has 4 rings (SSSR count). The number of hydrogen-bond acceptors (Lipinski definition) is 3. The van der Waals surface area contributed by atoms with Crippen LogP contribution in [0.2, 0.25) is 5.02 Å². The molecule has 0 spiro atoms. The van der Waals surface area contributed by atoms with E-state index < -0.39 is 0 Å². The molecular weight excluding hydrogens is 352 g/mol. The summed E-state index contributed by atoms with van der Waals surface area (Å²) in [6.07, 6.45) is 2.75. The molecule has 0 radical (unpaired) electrons. The molecule has 1 aliphatic heterocycles. The predicted molar refractivity (Wildman–Crippen MR) is 100 cm³/mol. The van der Waals surface area contributed by atoms with Gasteiger partial charge in [0.1, 0.15) is 0 Å². The van der Waals surface area contributed by atoms with E-state index in [2.05, 4.69) is 4.98 Å². The van der Waals surface area contributed by atoms with Gasteiger partial charge in [-0.15, -0.1) is 0 Å². The van der Waals surface area contributed by atoms with E-state index in [-0.39, 0.29) is 17.6 Å². The Labute approximate surface area is 155 Å². The number of carbonyl (C=O) groups excluding carboxylic acids is 1. The van der Waals surface area contributed by atoms with Crippen molar-refractivity contribution >= 4 is 28.7 Å². The molecular formula is C19H19ClN4O2. The van der Waals surface area contributed by atoms with Crippen LogP contribution in [0.1, 0.15) is 18.0 Å². The molecule has 1 aromatic carbocycles. The van der Waals surface area contributed by atoms with Crippen LogP contribution in [0, 0.1) is 0 Å². The minimum Gasteiger partial charge on any atom is -0.340 e. The number of halogens is 1. The molecule has 7 heteroatoms. The highest BCUT2D eigenvalue weighted by Gasteiger charge is 2.30. The molecule has 3 heterocycles. The van der Waals surface area contributed by atoms with Gasteiger partial charge >= 0.3 is 5.69 Å². The first-order valence-electron chi connectivity index (χ1n) is 8.59. The first-order chi connectivity index (χ1) is 12.5. The van der Waals surface area contributed by atoms with Gasteiger partial charge in [-0.1, -0.05) is 23.7 Å². The van der Waals surface area contributed by atoms with Gasteiger partial charge in [0.2, 0.25) is 5.91 Å². The lowest BCUT2D eigenvalue weighted by molar-refractivity contribution is -0.129. The zero-order valence-electron chi connectivity index (χ0n) is 14.4. The number of nitrogens with zero attached hydrogens (tertiary/aromatic N) is 4. The highest BCUT2D eigenvalue weighted by molar-refractivity contribution is 6.30. The Balaban J connectivity index is 1.55. The van der Waals surface area contributed by atoms with E-state index in [0.29, 0.717) is 30.2 Å². The van der Waals surface area contributed by atoms with Crippen LogP contribution < -0.4 is 5.69 Å². The normalized spacial score (nSPS) is 17.2. The summed E-state index contributed by atoms with van der Waals surface area (Å²) < 4.78 is 3.33. The van der Waals surface area contributed by atoms with Gasteiger partial charge in [0.25, 0.3) is 0 Å². The minimum atomic E-state index is -0.0900. The van der Waals surface area contributed by atoms with Crippen LogP contribution in [0.25, 0.3) is 11.2 Å². The lowest BCUT2D eigenvalue weighted by Crippen LogP contribution is -2.32. The predicted octanol–water partition coefficient (Wildman–Crippen LogP) is 2.40. The van der Waals surface area contributed by atoms with Crippen molar-refractivity contribution in [1.82, 2.24) is 19.0 Å². The molecule has 1 saturated heterocycles. The summed E-state index contributed by atoms with van der Waals surface area (Å²) in [4.78, 5) is 31.5. The number of amides is 1. The lowest BCUT2D eigenvalue weighted by atomic mass is 10.1. The first kappa shape index (κ1) is 16.8. The Kier molecular flexibility index (Phi) is 4.28. The van der Waals surface area contributed by atoms with Gasteiger partial charge < -0.3 is 4.90 Å². The maximum absolute atomic E-state index is 12.6. The van der Waals surface area contributed by atoms with E-state index in [4.69, 9.17) is 11.6 Å². The van der Waals surface area contributed by atoms with E-state index >= 15 is 0 Å². The Morgan fingerprint density at radius 1 is 1.31 bits per heavy atom.